The van der Waals surface area contributed by atoms with Gasteiger partial charge >= 0.3 is 11.9 Å². The molecule has 0 aromatic carbocycles. The minimum Gasteiger partial charge on any atom is -0.463 e. The summed E-state index contributed by atoms with van der Waals surface area (Å²) < 4.78 is 9.80. The Kier molecular flexibility index (Phi) is 3.06. The van der Waals surface area contributed by atoms with E-state index in [2.05, 4.69) is 10.3 Å². The molecule has 19 heavy (non-hydrogen) atoms. The third-order valence-corrected chi connectivity index (χ3v) is 3.07. The van der Waals surface area contributed by atoms with E-state index in [0.29, 0.717) is 24.6 Å². The average Bonchev–Trinajstić information content (AvgIpc) is 3.14. The highest BCUT2D eigenvalue weighted by molar-refractivity contribution is 5.91. The largest absolute Gasteiger partial charge is 0.463 e. The van der Waals surface area contributed by atoms with E-state index >= 15 is 0 Å². The number of hydrogen-bond donors (Lipinski definition) is 1. The van der Waals surface area contributed by atoms with Crippen molar-refractivity contribution in [2.75, 3.05) is 11.9 Å². The maximum absolute atomic E-state index is 11.8. The van der Waals surface area contributed by atoms with Gasteiger partial charge in [0, 0.05) is 18.7 Å². The fourth-order valence-electron chi connectivity index (χ4n) is 1.82. The molecule has 1 unspecified atom stereocenters. The number of esters is 2. The molecule has 0 bridgehead atoms. The highest BCUT2D eigenvalue weighted by atomic mass is 16.6. The summed E-state index contributed by atoms with van der Waals surface area (Å²) in [7, 11) is 0. The molecule has 1 N–H and O–H groups in total. The first-order chi connectivity index (χ1) is 9.22. The molecule has 2 aliphatic rings. The number of ether oxygens (including phenoxy) is 2. The number of carbonyl (C=O) groups is 2. The van der Waals surface area contributed by atoms with Crippen molar-refractivity contribution in [1.82, 2.24) is 4.98 Å². The van der Waals surface area contributed by atoms with Crippen molar-refractivity contribution >= 4 is 17.8 Å². The van der Waals surface area contributed by atoms with Gasteiger partial charge in [0.1, 0.15) is 5.82 Å². The summed E-state index contributed by atoms with van der Waals surface area (Å²) in [6.45, 7) is 0.305. The van der Waals surface area contributed by atoms with Crippen LogP contribution in [0.25, 0.3) is 0 Å². The molecule has 0 amide bonds. The van der Waals surface area contributed by atoms with Crippen LogP contribution in [0, 0.1) is 0 Å². The number of nitrogens with zero attached hydrogens (tertiary/aromatic N) is 1. The minimum atomic E-state index is -0.781. The van der Waals surface area contributed by atoms with Crippen LogP contribution < -0.4 is 5.32 Å². The van der Waals surface area contributed by atoms with Gasteiger partial charge in [0.25, 0.3) is 0 Å². The normalized spacial score (nSPS) is 21.9. The fourth-order valence-corrected chi connectivity index (χ4v) is 1.82. The Morgan fingerprint density at radius 2 is 2.21 bits per heavy atom. The quantitative estimate of drug-likeness (QED) is 0.819. The second-order valence-corrected chi connectivity index (χ2v) is 4.70. The Labute approximate surface area is 110 Å². The summed E-state index contributed by atoms with van der Waals surface area (Å²) in [6, 6.07) is 3.89. The van der Waals surface area contributed by atoms with Crippen molar-refractivity contribution < 1.29 is 19.1 Å². The summed E-state index contributed by atoms with van der Waals surface area (Å²) in [5.41, 5.74) is 0.334. The van der Waals surface area contributed by atoms with Gasteiger partial charge in [-0.05, 0) is 25.0 Å². The van der Waals surface area contributed by atoms with E-state index in [1.807, 2.05) is 0 Å². The Morgan fingerprint density at radius 3 is 2.79 bits per heavy atom. The van der Waals surface area contributed by atoms with Gasteiger partial charge in [-0.1, -0.05) is 0 Å². The van der Waals surface area contributed by atoms with Crippen molar-refractivity contribution in [2.24, 2.45) is 0 Å². The summed E-state index contributed by atoms with van der Waals surface area (Å²) in [5, 5.41) is 3.22. The van der Waals surface area contributed by atoms with E-state index < -0.39 is 18.0 Å². The van der Waals surface area contributed by atoms with Crippen LogP contribution in [-0.4, -0.2) is 35.7 Å². The highest BCUT2D eigenvalue weighted by Gasteiger charge is 2.30. The Hall–Kier alpha value is -2.11. The number of pyridine rings is 1. The molecule has 6 nitrogen and oxygen atoms in total. The van der Waals surface area contributed by atoms with Crippen molar-refractivity contribution in [3.63, 3.8) is 0 Å². The summed E-state index contributed by atoms with van der Waals surface area (Å²) in [5.74, 6) is -0.276. The first-order valence-electron chi connectivity index (χ1n) is 6.32. The molecule has 6 heteroatoms. The average molecular weight is 262 g/mol. The van der Waals surface area contributed by atoms with Crippen LogP contribution in [0.15, 0.2) is 18.3 Å². The molecule has 1 aromatic rings. The summed E-state index contributed by atoms with van der Waals surface area (Å²) in [6.07, 6.45) is 3.41. The van der Waals surface area contributed by atoms with Crippen molar-refractivity contribution in [1.29, 1.82) is 0 Å². The lowest BCUT2D eigenvalue weighted by molar-refractivity contribution is -0.145. The van der Waals surface area contributed by atoms with Crippen molar-refractivity contribution in [3.8, 4) is 0 Å². The van der Waals surface area contributed by atoms with E-state index in [1.54, 1.807) is 12.1 Å². The van der Waals surface area contributed by atoms with Crippen molar-refractivity contribution in [3.05, 3.63) is 23.9 Å². The lowest BCUT2D eigenvalue weighted by atomic mass is 10.2. The predicted molar refractivity (Wildman–Crippen MR) is 65.7 cm³/mol. The van der Waals surface area contributed by atoms with Gasteiger partial charge in [-0.15, -0.1) is 0 Å². The smallest absolute Gasteiger partial charge is 0.347 e. The summed E-state index contributed by atoms with van der Waals surface area (Å²) >= 11 is 0. The molecule has 2 fully saturated rings. The number of hydrogen-bond acceptors (Lipinski definition) is 6. The van der Waals surface area contributed by atoms with E-state index in [-0.39, 0.29) is 0 Å². The van der Waals surface area contributed by atoms with Gasteiger partial charge in [0.05, 0.1) is 12.2 Å². The molecule has 1 aliphatic carbocycles. The van der Waals surface area contributed by atoms with Crippen LogP contribution in [0.5, 0.6) is 0 Å². The van der Waals surface area contributed by atoms with Crippen LogP contribution in [0.2, 0.25) is 0 Å². The molecule has 0 spiro atoms. The molecule has 2 heterocycles. The molecule has 0 radical (unpaired) electrons. The third-order valence-electron chi connectivity index (χ3n) is 3.07. The SMILES string of the molecule is O=C(OC1CCOC1=O)c1ccc(NC2CC2)nc1. The molecule has 100 valence electrons. The summed E-state index contributed by atoms with van der Waals surface area (Å²) in [4.78, 5) is 27.1. The molecular weight excluding hydrogens is 248 g/mol. The Bertz CT molecular complexity index is 496. The fraction of sp³-hybridized carbons (Fsp3) is 0.462. The Balaban J connectivity index is 1.60. The topological polar surface area (TPSA) is 77.5 Å². The van der Waals surface area contributed by atoms with Gasteiger partial charge < -0.3 is 14.8 Å². The maximum Gasteiger partial charge on any atom is 0.347 e. The van der Waals surface area contributed by atoms with Gasteiger partial charge in [0.15, 0.2) is 0 Å². The predicted octanol–water partition coefficient (Wildman–Crippen LogP) is 1.13. The van der Waals surface area contributed by atoms with Crippen LogP contribution in [0.3, 0.4) is 0 Å². The van der Waals surface area contributed by atoms with Crippen LogP contribution in [0.1, 0.15) is 29.6 Å². The highest BCUT2D eigenvalue weighted by Crippen LogP contribution is 2.23. The van der Waals surface area contributed by atoms with Gasteiger partial charge in [0.2, 0.25) is 6.10 Å². The number of nitrogens with one attached hydrogen (secondary N) is 1. The number of aromatic nitrogens is 1. The second kappa shape index (κ2) is 4.87. The lowest BCUT2D eigenvalue weighted by Crippen LogP contribution is -2.22. The zero-order chi connectivity index (χ0) is 13.2. The molecule has 1 aromatic heterocycles. The van der Waals surface area contributed by atoms with E-state index in [0.717, 1.165) is 18.7 Å². The van der Waals surface area contributed by atoms with Crippen LogP contribution in [0.4, 0.5) is 5.82 Å². The first-order valence-corrected chi connectivity index (χ1v) is 6.32. The number of anilines is 1. The van der Waals surface area contributed by atoms with E-state index in [1.165, 1.54) is 6.20 Å². The van der Waals surface area contributed by atoms with Crippen LogP contribution >= 0.6 is 0 Å². The monoisotopic (exact) mass is 262 g/mol. The molecule has 1 atom stereocenters. The van der Waals surface area contributed by atoms with Crippen LogP contribution in [-0.2, 0) is 14.3 Å². The van der Waals surface area contributed by atoms with E-state index in [4.69, 9.17) is 9.47 Å². The number of cyclic esters (lactones) is 1. The molecular formula is C13H14N2O4. The molecule has 3 rings (SSSR count). The zero-order valence-electron chi connectivity index (χ0n) is 10.3. The third kappa shape index (κ3) is 2.83. The lowest BCUT2D eigenvalue weighted by Gasteiger charge is -2.08. The van der Waals surface area contributed by atoms with Gasteiger partial charge in [-0.2, -0.15) is 0 Å². The number of rotatable bonds is 4. The van der Waals surface area contributed by atoms with E-state index in [9.17, 15) is 9.59 Å². The van der Waals surface area contributed by atoms with Gasteiger partial charge in [-0.25, -0.2) is 14.6 Å². The molecule has 1 saturated carbocycles. The number of carbonyl (C=O) groups excluding carboxylic acids is 2. The standard InChI is InChI=1S/C13H14N2O4/c16-12(19-10-5-6-18-13(10)17)8-1-4-11(14-7-8)15-9-2-3-9/h1,4,7,9-10H,2-3,5-6H2,(H,14,15). The maximum atomic E-state index is 11.8. The Morgan fingerprint density at radius 1 is 1.37 bits per heavy atom. The second-order valence-electron chi connectivity index (χ2n) is 4.70. The molecule has 1 saturated heterocycles. The zero-order valence-corrected chi connectivity index (χ0v) is 10.3. The first kappa shape index (κ1) is 12.0. The minimum absolute atomic E-state index is 0.305. The molecule has 1 aliphatic heterocycles. The van der Waals surface area contributed by atoms with Gasteiger partial charge in [-0.3, -0.25) is 0 Å². The van der Waals surface area contributed by atoms with Crippen molar-refractivity contribution in [2.45, 2.75) is 31.4 Å².